The Morgan fingerprint density at radius 3 is 2.26 bits per heavy atom. The van der Waals surface area contributed by atoms with Crippen LogP contribution in [0.3, 0.4) is 0 Å². The molecule has 124 valence electrons. The lowest BCUT2D eigenvalue weighted by Gasteiger charge is -2.23. The molecule has 0 aliphatic heterocycles. The number of aliphatic hydroxyl groups excluding tert-OH is 1. The maximum atomic E-state index is 12.2. The summed E-state index contributed by atoms with van der Waals surface area (Å²) in [7, 11) is 0. The molecular formula is C19H24O3S. The van der Waals surface area contributed by atoms with Crippen LogP contribution in [0.25, 0.3) is 0 Å². The van der Waals surface area contributed by atoms with Crippen LogP contribution in [-0.2, 0) is 9.59 Å². The Morgan fingerprint density at radius 2 is 1.74 bits per heavy atom. The zero-order valence-electron chi connectivity index (χ0n) is 13.8. The SMILES string of the molecule is CCCCSc1ccc(C2CC(=O)C(=C(O)CC)C(=O)C2)cc1. The molecule has 0 amide bonds. The van der Waals surface area contributed by atoms with Gasteiger partial charge in [0.15, 0.2) is 11.6 Å². The Balaban J connectivity index is 2.06. The molecule has 1 aliphatic rings. The van der Waals surface area contributed by atoms with E-state index in [4.69, 9.17) is 0 Å². The van der Waals surface area contributed by atoms with E-state index in [1.807, 2.05) is 23.9 Å². The number of ketones is 2. The quantitative estimate of drug-likeness (QED) is 0.267. The normalized spacial score (nSPS) is 18.3. The van der Waals surface area contributed by atoms with E-state index in [-0.39, 0.29) is 28.8 Å². The second kappa shape index (κ2) is 8.34. The Kier molecular flexibility index (Phi) is 6.46. The van der Waals surface area contributed by atoms with Crippen molar-refractivity contribution in [3.63, 3.8) is 0 Å². The van der Waals surface area contributed by atoms with E-state index in [2.05, 4.69) is 19.1 Å². The summed E-state index contributed by atoms with van der Waals surface area (Å²) < 4.78 is 0. The molecule has 3 nitrogen and oxygen atoms in total. The van der Waals surface area contributed by atoms with E-state index >= 15 is 0 Å². The zero-order chi connectivity index (χ0) is 16.8. The van der Waals surface area contributed by atoms with E-state index in [9.17, 15) is 14.7 Å². The van der Waals surface area contributed by atoms with Gasteiger partial charge in [0.25, 0.3) is 0 Å². The average molecular weight is 332 g/mol. The minimum Gasteiger partial charge on any atom is -0.511 e. The van der Waals surface area contributed by atoms with Gasteiger partial charge in [-0.3, -0.25) is 9.59 Å². The van der Waals surface area contributed by atoms with Gasteiger partial charge in [0.2, 0.25) is 0 Å². The summed E-state index contributed by atoms with van der Waals surface area (Å²) in [5, 5.41) is 9.75. The first-order chi connectivity index (χ1) is 11.1. The van der Waals surface area contributed by atoms with Crippen molar-refractivity contribution in [1.29, 1.82) is 0 Å². The Morgan fingerprint density at radius 1 is 1.13 bits per heavy atom. The fourth-order valence-corrected chi connectivity index (χ4v) is 3.78. The van der Waals surface area contributed by atoms with E-state index in [0.29, 0.717) is 19.3 Å². The topological polar surface area (TPSA) is 54.4 Å². The molecule has 1 N–H and O–H groups in total. The Hall–Kier alpha value is -1.55. The van der Waals surface area contributed by atoms with Crippen LogP contribution in [0, 0.1) is 0 Å². The number of unbranched alkanes of at least 4 members (excludes halogenated alkanes) is 1. The molecule has 4 heteroatoms. The zero-order valence-corrected chi connectivity index (χ0v) is 14.6. The number of hydrogen-bond donors (Lipinski definition) is 1. The molecule has 0 radical (unpaired) electrons. The number of aliphatic hydroxyl groups is 1. The van der Waals surface area contributed by atoms with E-state index < -0.39 is 0 Å². The van der Waals surface area contributed by atoms with Gasteiger partial charge in [0.05, 0.1) is 5.57 Å². The molecular weight excluding hydrogens is 308 g/mol. The van der Waals surface area contributed by atoms with Gasteiger partial charge in [0, 0.05) is 24.2 Å². The van der Waals surface area contributed by atoms with Crippen molar-refractivity contribution in [3.8, 4) is 0 Å². The highest BCUT2D eigenvalue weighted by Gasteiger charge is 2.33. The lowest BCUT2D eigenvalue weighted by Crippen LogP contribution is -2.26. The fraction of sp³-hybridized carbons (Fsp3) is 0.474. The van der Waals surface area contributed by atoms with Gasteiger partial charge < -0.3 is 5.11 Å². The number of thioether (sulfide) groups is 1. The predicted molar refractivity (Wildman–Crippen MR) is 94.0 cm³/mol. The molecule has 23 heavy (non-hydrogen) atoms. The molecule has 0 bridgehead atoms. The smallest absolute Gasteiger partial charge is 0.170 e. The van der Waals surface area contributed by atoms with Gasteiger partial charge in [-0.25, -0.2) is 0 Å². The highest BCUT2D eigenvalue weighted by atomic mass is 32.2. The molecule has 0 aromatic heterocycles. The number of benzene rings is 1. The third-order valence-corrected chi connectivity index (χ3v) is 5.26. The van der Waals surface area contributed by atoms with Gasteiger partial charge in [-0.15, -0.1) is 11.8 Å². The van der Waals surface area contributed by atoms with E-state index in [1.54, 1.807) is 6.92 Å². The molecule has 0 spiro atoms. The molecule has 0 atom stereocenters. The number of hydrogen-bond acceptors (Lipinski definition) is 4. The summed E-state index contributed by atoms with van der Waals surface area (Å²) in [6, 6.07) is 8.18. The van der Waals surface area contributed by atoms with Gasteiger partial charge in [0.1, 0.15) is 5.76 Å². The van der Waals surface area contributed by atoms with Crippen molar-refractivity contribution >= 4 is 23.3 Å². The minimum absolute atomic E-state index is 0.0236. The standard InChI is InChI=1S/C19H24O3S/c1-3-5-10-23-15-8-6-13(7-9-15)14-11-17(21)19(16(20)4-2)18(22)12-14/h6-9,14,20H,3-5,10-12H2,1-2H3. The number of allylic oxidation sites excluding steroid dienone is 2. The summed E-state index contributed by atoms with van der Waals surface area (Å²) >= 11 is 1.83. The molecule has 1 aromatic rings. The minimum atomic E-state index is -0.230. The summed E-state index contributed by atoms with van der Waals surface area (Å²) in [6.45, 7) is 3.92. The first kappa shape index (κ1) is 17.8. The van der Waals surface area contributed by atoms with Crippen molar-refractivity contribution in [2.75, 3.05) is 5.75 Å². The molecule has 1 saturated carbocycles. The number of carbonyl (C=O) groups is 2. The molecule has 1 aliphatic carbocycles. The number of Topliss-reactive ketones (excluding diaryl/α,β-unsaturated/α-hetero) is 2. The maximum absolute atomic E-state index is 12.2. The predicted octanol–water partition coefficient (Wildman–Crippen LogP) is 4.82. The summed E-state index contributed by atoms with van der Waals surface area (Å²) in [6.07, 6.45) is 3.31. The van der Waals surface area contributed by atoms with Gasteiger partial charge in [-0.1, -0.05) is 32.4 Å². The number of rotatable bonds is 6. The third kappa shape index (κ3) is 4.47. The van der Waals surface area contributed by atoms with Crippen molar-refractivity contribution in [2.45, 2.75) is 56.8 Å². The highest BCUT2D eigenvalue weighted by Crippen LogP contribution is 2.33. The first-order valence-electron chi connectivity index (χ1n) is 8.28. The summed E-state index contributed by atoms with van der Waals surface area (Å²) in [4.78, 5) is 25.6. The van der Waals surface area contributed by atoms with Crippen LogP contribution in [-0.4, -0.2) is 22.4 Å². The average Bonchev–Trinajstić information content (AvgIpc) is 2.54. The molecule has 0 unspecified atom stereocenters. The molecule has 1 fully saturated rings. The second-order valence-electron chi connectivity index (χ2n) is 5.90. The number of carbonyl (C=O) groups excluding carboxylic acids is 2. The fourth-order valence-electron chi connectivity index (χ4n) is 2.78. The molecule has 1 aromatic carbocycles. The Bertz CT molecular complexity index is 582. The third-order valence-electron chi connectivity index (χ3n) is 4.16. The molecule has 0 heterocycles. The van der Waals surface area contributed by atoms with Gasteiger partial charge in [-0.2, -0.15) is 0 Å². The van der Waals surface area contributed by atoms with Crippen LogP contribution in [0.5, 0.6) is 0 Å². The lowest BCUT2D eigenvalue weighted by molar-refractivity contribution is -0.124. The van der Waals surface area contributed by atoms with Crippen LogP contribution in [0.4, 0.5) is 0 Å². The van der Waals surface area contributed by atoms with Gasteiger partial charge in [-0.05, 0) is 35.8 Å². The van der Waals surface area contributed by atoms with Crippen molar-refractivity contribution in [3.05, 3.63) is 41.2 Å². The first-order valence-corrected chi connectivity index (χ1v) is 9.26. The second-order valence-corrected chi connectivity index (χ2v) is 7.07. The monoisotopic (exact) mass is 332 g/mol. The van der Waals surface area contributed by atoms with Crippen molar-refractivity contribution < 1.29 is 14.7 Å². The largest absolute Gasteiger partial charge is 0.511 e. The van der Waals surface area contributed by atoms with E-state index in [1.165, 1.54) is 17.7 Å². The van der Waals surface area contributed by atoms with Gasteiger partial charge >= 0.3 is 0 Å². The lowest BCUT2D eigenvalue weighted by atomic mass is 9.79. The summed E-state index contributed by atoms with van der Waals surface area (Å²) in [5.41, 5.74) is 1.05. The van der Waals surface area contributed by atoms with Crippen molar-refractivity contribution in [2.24, 2.45) is 0 Å². The summed E-state index contributed by atoms with van der Waals surface area (Å²) in [5.74, 6) is 0.513. The van der Waals surface area contributed by atoms with E-state index in [0.717, 1.165) is 11.3 Å². The van der Waals surface area contributed by atoms with Crippen LogP contribution >= 0.6 is 11.8 Å². The van der Waals surface area contributed by atoms with Crippen LogP contribution in [0.15, 0.2) is 40.5 Å². The molecule has 2 rings (SSSR count). The van der Waals surface area contributed by atoms with Crippen LogP contribution in [0.1, 0.15) is 57.4 Å². The molecule has 0 saturated heterocycles. The maximum Gasteiger partial charge on any atom is 0.170 e. The van der Waals surface area contributed by atoms with Crippen LogP contribution < -0.4 is 0 Å². The Labute approximate surface area is 142 Å². The van der Waals surface area contributed by atoms with Crippen molar-refractivity contribution in [1.82, 2.24) is 0 Å². The highest BCUT2D eigenvalue weighted by molar-refractivity contribution is 7.99. The van der Waals surface area contributed by atoms with Crippen LogP contribution in [0.2, 0.25) is 0 Å².